The zero-order valence-corrected chi connectivity index (χ0v) is 15.3. The first-order valence-electron chi connectivity index (χ1n) is 9.52. The highest BCUT2D eigenvalue weighted by atomic mass is 15.2. The van der Waals surface area contributed by atoms with E-state index < -0.39 is 0 Å². The molecule has 27 heavy (non-hydrogen) atoms. The summed E-state index contributed by atoms with van der Waals surface area (Å²) in [5.41, 5.74) is 2.46. The summed E-state index contributed by atoms with van der Waals surface area (Å²) in [7, 11) is 0. The number of nitrogens with one attached hydrogen (secondary N) is 1. The molecule has 6 nitrogen and oxygen atoms in total. The van der Waals surface area contributed by atoms with Crippen LogP contribution in [0, 0.1) is 0 Å². The maximum Gasteiger partial charge on any atom is 0.228 e. The van der Waals surface area contributed by atoms with Crippen molar-refractivity contribution in [2.24, 2.45) is 0 Å². The van der Waals surface area contributed by atoms with Crippen LogP contribution in [-0.4, -0.2) is 37.9 Å². The van der Waals surface area contributed by atoms with E-state index in [0.29, 0.717) is 17.8 Å². The van der Waals surface area contributed by atoms with Gasteiger partial charge in [-0.1, -0.05) is 36.8 Å². The Bertz CT molecular complexity index is 840. The van der Waals surface area contributed by atoms with Crippen molar-refractivity contribution in [3.05, 3.63) is 72.4 Å². The summed E-state index contributed by atoms with van der Waals surface area (Å²) in [5, 5.41) is 3.14. The molecule has 1 N–H and O–H groups in total. The van der Waals surface area contributed by atoms with Crippen molar-refractivity contribution in [3.63, 3.8) is 0 Å². The van der Waals surface area contributed by atoms with Gasteiger partial charge in [0.05, 0.1) is 17.9 Å². The Hall–Kier alpha value is -2.86. The third-order valence-electron chi connectivity index (χ3n) is 4.97. The molecule has 3 heterocycles. The van der Waals surface area contributed by atoms with E-state index >= 15 is 0 Å². The predicted octanol–water partition coefficient (Wildman–Crippen LogP) is 3.78. The standard InChI is InChI=1S/C21H24N6/c1-2-6-17(7-3-1)10-15-27-14-5-4-8-19(27)18-9-11-24-21(25-18)26-20-16-22-12-13-23-20/h1-3,6-7,9,11-13,16,19H,4-5,8,10,14-15H2,(H,23,24,25,26)/t19-/m0/s1. The number of anilines is 2. The molecule has 1 aromatic carbocycles. The highest BCUT2D eigenvalue weighted by molar-refractivity contribution is 5.45. The lowest BCUT2D eigenvalue weighted by Crippen LogP contribution is -2.35. The lowest BCUT2D eigenvalue weighted by atomic mass is 9.98. The number of hydrogen-bond donors (Lipinski definition) is 1. The van der Waals surface area contributed by atoms with E-state index in [1.165, 1.54) is 18.4 Å². The van der Waals surface area contributed by atoms with Gasteiger partial charge in [-0.25, -0.2) is 15.0 Å². The second-order valence-electron chi connectivity index (χ2n) is 6.80. The predicted molar refractivity (Wildman–Crippen MR) is 106 cm³/mol. The number of rotatable bonds is 6. The molecule has 3 aromatic rings. The summed E-state index contributed by atoms with van der Waals surface area (Å²) in [6, 6.07) is 13.1. The van der Waals surface area contributed by atoms with Crippen molar-refractivity contribution >= 4 is 11.8 Å². The molecule has 0 saturated carbocycles. The van der Waals surface area contributed by atoms with Gasteiger partial charge in [-0.2, -0.15) is 0 Å². The Morgan fingerprint density at radius 3 is 2.78 bits per heavy atom. The van der Waals surface area contributed by atoms with Gasteiger partial charge in [0.15, 0.2) is 5.82 Å². The van der Waals surface area contributed by atoms with Crippen LogP contribution in [0.1, 0.15) is 36.6 Å². The fourth-order valence-electron chi connectivity index (χ4n) is 3.61. The first-order chi connectivity index (χ1) is 13.4. The molecular formula is C21H24N6. The van der Waals surface area contributed by atoms with Gasteiger partial charge in [0, 0.05) is 25.1 Å². The molecule has 0 amide bonds. The van der Waals surface area contributed by atoms with Gasteiger partial charge in [0.2, 0.25) is 5.95 Å². The average Bonchev–Trinajstić information content (AvgIpc) is 2.74. The highest BCUT2D eigenvalue weighted by Gasteiger charge is 2.25. The smallest absolute Gasteiger partial charge is 0.228 e. The molecule has 1 saturated heterocycles. The largest absolute Gasteiger partial charge is 0.307 e. The lowest BCUT2D eigenvalue weighted by molar-refractivity contribution is 0.147. The monoisotopic (exact) mass is 360 g/mol. The van der Waals surface area contributed by atoms with Crippen LogP contribution in [0.4, 0.5) is 11.8 Å². The van der Waals surface area contributed by atoms with Gasteiger partial charge in [-0.3, -0.25) is 9.88 Å². The van der Waals surface area contributed by atoms with E-state index in [-0.39, 0.29) is 0 Å². The van der Waals surface area contributed by atoms with E-state index in [9.17, 15) is 0 Å². The van der Waals surface area contributed by atoms with E-state index in [2.05, 4.69) is 55.5 Å². The van der Waals surface area contributed by atoms with Gasteiger partial charge in [0.25, 0.3) is 0 Å². The molecule has 0 bridgehead atoms. The maximum absolute atomic E-state index is 4.77. The molecule has 1 fully saturated rings. The van der Waals surface area contributed by atoms with Crippen molar-refractivity contribution in [2.75, 3.05) is 18.4 Å². The number of likely N-dealkylation sites (tertiary alicyclic amines) is 1. The minimum Gasteiger partial charge on any atom is -0.307 e. The van der Waals surface area contributed by atoms with Gasteiger partial charge < -0.3 is 5.32 Å². The molecule has 1 aliphatic heterocycles. The maximum atomic E-state index is 4.77. The third-order valence-corrected chi connectivity index (χ3v) is 4.97. The Kier molecular flexibility index (Phi) is 5.64. The quantitative estimate of drug-likeness (QED) is 0.722. The Labute approximate surface area is 159 Å². The van der Waals surface area contributed by atoms with Crippen molar-refractivity contribution in [1.82, 2.24) is 24.8 Å². The summed E-state index contributed by atoms with van der Waals surface area (Å²) in [4.78, 5) is 20.0. The van der Waals surface area contributed by atoms with Crippen LogP contribution in [0.3, 0.4) is 0 Å². The van der Waals surface area contributed by atoms with Gasteiger partial charge in [0.1, 0.15) is 0 Å². The number of aromatic nitrogens is 4. The number of hydrogen-bond acceptors (Lipinski definition) is 6. The summed E-state index contributed by atoms with van der Waals surface area (Å²) < 4.78 is 0. The minimum atomic E-state index is 0.341. The van der Waals surface area contributed by atoms with Crippen LogP contribution in [0.2, 0.25) is 0 Å². The Balaban J connectivity index is 1.47. The molecule has 4 rings (SSSR count). The van der Waals surface area contributed by atoms with Crippen molar-refractivity contribution in [3.8, 4) is 0 Å². The van der Waals surface area contributed by atoms with Gasteiger partial charge >= 0.3 is 0 Å². The summed E-state index contributed by atoms with van der Waals surface area (Å²) >= 11 is 0. The van der Waals surface area contributed by atoms with E-state index in [1.54, 1.807) is 18.6 Å². The number of benzene rings is 1. The lowest BCUT2D eigenvalue weighted by Gasteiger charge is -2.35. The van der Waals surface area contributed by atoms with E-state index in [4.69, 9.17) is 4.98 Å². The Morgan fingerprint density at radius 2 is 1.93 bits per heavy atom. The van der Waals surface area contributed by atoms with Crippen molar-refractivity contribution < 1.29 is 0 Å². The van der Waals surface area contributed by atoms with Gasteiger partial charge in [-0.15, -0.1) is 0 Å². The second kappa shape index (κ2) is 8.68. The Morgan fingerprint density at radius 1 is 1.00 bits per heavy atom. The fourth-order valence-corrected chi connectivity index (χ4v) is 3.61. The third kappa shape index (κ3) is 4.65. The zero-order chi connectivity index (χ0) is 18.3. The topological polar surface area (TPSA) is 66.8 Å². The van der Waals surface area contributed by atoms with Crippen molar-refractivity contribution in [2.45, 2.75) is 31.7 Å². The fraction of sp³-hybridized carbons (Fsp3) is 0.333. The first-order valence-corrected chi connectivity index (χ1v) is 9.52. The SMILES string of the molecule is c1ccc(CCN2CCCC[C@H]2c2ccnc(Nc3cnccn3)n2)cc1. The van der Waals surface area contributed by atoms with Crippen LogP contribution in [0.25, 0.3) is 0 Å². The molecule has 0 unspecified atom stereocenters. The van der Waals surface area contributed by atoms with Crippen LogP contribution in [-0.2, 0) is 6.42 Å². The zero-order valence-electron chi connectivity index (χ0n) is 15.3. The van der Waals surface area contributed by atoms with Crippen LogP contribution in [0.5, 0.6) is 0 Å². The van der Waals surface area contributed by atoms with Crippen LogP contribution in [0.15, 0.2) is 61.2 Å². The number of nitrogens with zero attached hydrogens (tertiary/aromatic N) is 5. The molecule has 6 heteroatoms. The highest BCUT2D eigenvalue weighted by Crippen LogP contribution is 2.30. The van der Waals surface area contributed by atoms with E-state index in [1.807, 2.05) is 12.3 Å². The van der Waals surface area contributed by atoms with Crippen molar-refractivity contribution in [1.29, 1.82) is 0 Å². The van der Waals surface area contributed by atoms with Crippen LogP contribution < -0.4 is 5.32 Å². The summed E-state index contributed by atoms with van der Waals surface area (Å²) in [6.07, 6.45) is 11.5. The first kappa shape index (κ1) is 17.5. The van der Waals surface area contributed by atoms with Crippen LogP contribution >= 0.6 is 0 Å². The molecule has 138 valence electrons. The normalized spacial score (nSPS) is 17.6. The second-order valence-corrected chi connectivity index (χ2v) is 6.80. The molecule has 1 atom stereocenters. The molecule has 2 aromatic heterocycles. The molecule has 0 spiro atoms. The van der Waals surface area contributed by atoms with Gasteiger partial charge in [-0.05, 0) is 37.4 Å². The molecular weight excluding hydrogens is 336 g/mol. The molecule has 1 aliphatic rings. The average molecular weight is 360 g/mol. The summed E-state index contributed by atoms with van der Waals surface area (Å²) in [5.74, 6) is 1.22. The summed E-state index contributed by atoms with van der Waals surface area (Å²) in [6.45, 7) is 2.17. The molecule has 0 aliphatic carbocycles. The van der Waals surface area contributed by atoms with E-state index in [0.717, 1.165) is 31.6 Å². The number of piperidine rings is 1. The minimum absolute atomic E-state index is 0.341. The molecule has 0 radical (unpaired) electrons.